The lowest BCUT2D eigenvalue weighted by molar-refractivity contribution is -0.113. The van der Waals surface area contributed by atoms with Gasteiger partial charge in [-0.2, -0.15) is 0 Å². The molecule has 0 saturated carbocycles. The molecule has 1 amide bonds. The summed E-state index contributed by atoms with van der Waals surface area (Å²) in [5.41, 5.74) is 1.33. The van der Waals surface area contributed by atoms with Crippen LogP contribution in [-0.4, -0.2) is 22.6 Å². The average Bonchev–Trinajstić information content (AvgIpc) is 3.10. The maximum Gasteiger partial charge on any atom is 0.283 e. The van der Waals surface area contributed by atoms with Crippen molar-refractivity contribution < 1.29 is 14.0 Å². The third-order valence-corrected chi connectivity index (χ3v) is 6.28. The van der Waals surface area contributed by atoms with Crippen molar-refractivity contribution in [3.63, 3.8) is 0 Å². The summed E-state index contributed by atoms with van der Waals surface area (Å²) in [7, 11) is 0. The molecule has 1 aliphatic rings. The second-order valence-electron chi connectivity index (χ2n) is 6.77. The van der Waals surface area contributed by atoms with Crippen molar-refractivity contribution in [1.29, 1.82) is 0 Å². The Morgan fingerprint density at radius 3 is 2.44 bits per heavy atom. The van der Waals surface area contributed by atoms with Gasteiger partial charge >= 0.3 is 0 Å². The largest absolute Gasteiger partial charge is 0.293 e. The van der Waals surface area contributed by atoms with Crippen molar-refractivity contribution in [1.82, 2.24) is 0 Å². The van der Waals surface area contributed by atoms with E-state index in [1.54, 1.807) is 54.6 Å². The number of Topliss-reactive ketones (excluding diaryl/α,β-unsaturated/α-hetero) is 1. The van der Waals surface area contributed by atoms with Crippen molar-refractivity contribution in [2.24, 2.45) is 4.99 Å². The number of benzene rings is 3. The van der Waals surface area contributed by atoms with Crippen molar-refractivity contribution in [3.05, 3.63) is 105 Å². The van der Waals surface area contributed by atoms with Crippen LogP contribution in [0.5, 0.6) is 0 Å². The van der Waals surface area contributed by atoms with E-state index in [1.165, 1.54) is 23.1 Å². The van der Waals surface area contributed by atoms with Crippen LogP contribution in [0, 0.1) is 5.82 Å². The number of aliphatic imine (C=N–C) groups is 1. The summed E-state index contributed by atoms with van der Waals surface area (Å²) < 4.78 is 14.5. The highest BCUT2D eigenvalue weighted by atomic mass is 35.5. The van der Waals surface area contributed by atoms with Crippen LogP contribution < -0.4 is 4.90 Å². The minimum Gasteiger partial charge on any atom is -0.293 e. The predicted molar refractivity (Wildman–Crippen MR) is 129 cm³/mol. The third kappa shape index (κ3) is 4.78. The van der Waals surface area contributed by atoms with Gasteiger partial charge in [-0.05, 0) is 35.9 Å². The first-order valence-electron chi connectivity index (χ1n) is 9.49. The van der Waals surface area contributed by atoms with E-state index in [0.717, 1.165) is 11.8 Å². The van der Waals surface area contributed by atoms with Crippen molar-refractivity contribution in [3.8, 4) is 0 Å². The highest BCUT2D eigenvalue weighted by Crippen LogP contribution is 2.32. The second-order valence-corrected chi connectivity index (χ2v) is 8.52. The van der Waals surface area contributed by atoms with E-state index in [4.69, 9.17) is 23.2 Å². The summed E-state index contributed by atoms with van der Waals surface area (Å²) in [6.45, 7) is 0. The molecule has 0 N–H and O–H groups in total. The lowest BCUT2D eigenvalue weighted by Gasteiger charge is -2.18. The topological polar surface area (TPSA) is 49.7 Å². The number of anilines is 1. The van der Waals surface area contributed by atoms with E-state index in [2.05, 4.69) is 4.99 Å². The Labute approximate surface area is 198 Å². The fourth-order valence-corrected chi connectivity index (χ4v) is 4.24. The van der Waals surface area contributed by atoms with Crippen LogP contribution in [0.15, 0.2) is 83.5 Å². The molecule has 0 aromatic heterocycles. The minimum absolute atomic E-state index is 0.0428. The maximum absolute atomic E-state index is 14.5. The van der Waals surface area contributed by atoms with Crippen molar-refractivity contribution >= 4 is 63.6 Å². The SMILES string of the molecule is O=C(CSC1=NC(=Cc2ccc(Cl)c(Cl)c2)C(=O)N1c1ccccc1F)c1ccccc1. The maximum atomic E-state index is 14.5. The summed E-state index contributed by atoms with van der Waals surface area (Å²) >= 11 is 13.1. The predicted octanol–water partition coefficient (Wildman–Crippen LogP) is 6.49. The highest BCUT2D eigenvalue weighted by molar-refractivity contribution is 8.14. The lowest BCUT2D eigenvalue weighted by Crippen LogP contribution is -2.31. The third-order valence-electron chi connectivity index (χ3n) is 4.60. The van der Waals surface area contributed by atoms with Crippen LogP contribution in [0.4, 0.5) is 10.1 Å². The van der Waals surface area contributed by atoms with Gasteiger partial charge < -0.3 is 0 Å². The Kier molecular flexibility index (Phi) is 6.74. The van der Waals surface area contributed by atoms with Crippen LogP contribution in [0.2, 0.25) is 10.0 Å². The molecule has 160 valence electrons. The first-order chi connectivity index (χ1) is 15.4. The number of ketones is 1. The molecule has 1 aliphatic heterocycles. The number of thioether (sulfide) groups is 1. The number of nitrogens with zero attached hydrogens (tertiary/aromatic N) is 2. The Morgan fingerprint density at radius 2 is 1.72 bits per heavy atom. The Balaban J connectivity index is 1.67. The molecule has 32 heavy (non-hydrogen) atoms. The summed E-state index contributed by atoms with van der Waals surface area (Å²) in [5, 5.41) is 0.943. The minimum atomic E-state index is -0.570. The highest BCUT2D eigenvalue weighted by Gasteiger charge is 2.34. The molecule has 4 rings (SSSR count). The van der Waals surface area contributed by atoms with Crippen LogP contribution in [0.3, 0.4) is 0 Å². The molecule has 0 atom stereocenters. The monoisotopic (exact) mass is 484 g/mol. The van der Waals surface area contributed by atoms with Gasteiger partial charge in [0.15, 0.2) is 11.0 Å². The first kappa shape index (κ1) is 22.3. The molecule has 0 fully saturated rings. The number of amidine groups is 1. The molecule has 0 bridgehead atoms. The van der Waals surface area contributed by atoms with Gasteiger partial charge in [0.1, 0.15) is 11.5 Å². The Morgan fingerprint density at radius 1 is 1.00 bits per heavy atom. The number of amides is 1. The normalized spacial score (nSPS) is 14.7. The van der Waals surface area contributed by atoms with E-state index in [1.807, 2.05) is 6.07 Å². The molecule has 3 aromatic rings. The standard InChI is InChI=1S/C24H15Cl2FN2O2S/c25-17-11-10-15(12-18(17)26)13-20-23(31)29(21-9-5-4-8-19(21)27)24(28-20)32-14-22(30)16-6-2-1-3-7-16/h1-13H,14H2. The fourth-order valence-electron chi connectivity index (χ4n) is 3.04. The first-order valence-corrected chi connectivity index (χ1v) is 11.2. The van der Waals surface area contributed by atoms with Crippen LogP contribution >= 0.6 is 35.0 Å². The van der Waals surface area contributed by atoms with Crippen LogP contribution in [0.25, 0.3) is 6.08 Å². The number of para-hydroxylation sites is 1. The van der Waals surface area contributed by atoms with E-state index in [9.17, 15) is 14.0 Å². The van der Waals surface area contributed by atoms with E-state index in [0.29, 0.717) is 21.2 Å². The molecule has 1 heterocycles. The van der Waals surface area contributed by atoms with Gasteiger partial charge in [0.2, 0.25) is 0 Å². The number of hydrogen-bond donors (Lipinski definition) is 0. The fraction of sp³-hybridized carbons (Fsp3) is 0.0417. The van der Waals surface area contributed by atoms with Crippen LogP contribution in [-0.2, 0) is 4.79 Å². The number of halogens is 3. The number of rotatable bonds is 5. The number of carbonyl (C=O) groups excluding carboxylic acids is 2. The molecule has 0 unspecified atom stereocenters. The molecule has 8 heteroatoms. The summed E-state index contributed by atoms with van der Waals surface area (Å²) in [6.07, 6.45) is 1.55. The van der Waals surface area contributed by atoms with Gasteiger partial charge in [-0.15, -0.1) is 0 Å². The summed E-state index contributed by atoms with van der Waals surface area (Å²) in [5.74, 6) is -1.16. The van der Waals surface area contributed by atoms with Gasteiger partial charge in [-0.25, -0.2) is 9.38 Å². The van der Waals surface area contributed by atoms with E-state index >= 15 is 0 Å². The Bertz CT molecular complexity index is 1260. The number of hydrogen-bond acceptors (Lipinski definition) is 4. The zero-order valence-corrected chi connectivity index (χ0v) is 18.8. The zero-order chi connectivity index (χ0) is 22.7. The summed E-state index contributed by atoms with van der Waals surface area (Å²) in [4.78, 5) is 31.3. The molecule has 0 spiro atoms. The smallest absolute Gasteiger partial charge is 0.283 e. The van der Waals surface area contributed by atoms with Crippen LogP contribution in [0.1, 0.15) is 15.9 Å². The van der Waals surface area contributed by atoms with E-state index in [-0.39, 0.29) is 28.1 Å². The zero-order valence-electron chi connectivity index (χ0n) is 16.5. The lowest BCUT2D eigenvalue weighted by atomic mass is 10.2. The molecule has 0 radical (unpaired) electrons. The van der Waals surface area contributed by atoms with Gasteiger partial charge in [0, 0.05) is 5.56 Å². The van der Waals surface area contributed by atoms with Gasteiger partial charge in [-0.3, -0.25) is 14.5 Å². The molecule has 0 saturated heterocycles. The van der Waals surface area contributed by atoms with Gasteiger partial charge in [-0.1, -0.05) is 83.5 Å². The second kappa shape index (κ2) is 9.69. The van der Waals surface area contributed by atoms with Gasteiger partial charge in [0.05, 0.1) is 21.5 Å². The molecule has 0 aliphatic carbocycles. The number of carbonyl (C=O) groups is 2. The molecule has 3 aromatic carbocycles. The molecular weight excluding hydrogens is 470 g/mol. The van der Waals surface area contributed by atoms with Crippen molar-refractivity contribution in [2.75, 3.05) is 10.7 Å². The van der Waals surface area contributed by atoms with E-state index < -0.39 is 11.7 Å². The van der Waals surface area contributed by atoms with Gasteiger partial charge in [0.25, 0.3) is 5.91 Å². The summed E-state index contributed by atoms with van der Waals surface area (Å²) in [6, 6.07) is 19.6. The Hall–Kier alpha value is -2.93. The molecule has 4 nitrogen and oxygen atoms in total. The average molecular weight is 485 g/mol. The van der Waals surface area contributed by atoms with Crippen molar-refractivity contribution in [2.45, 2.75) is 0 Å². The molecular formula is C24H15Cl2FN2O2S. The quantitative estimate of drug-likeness (QED) is 0.307.